The van der Waals surface area contributed by atoms with Gasteiger partial charge in [-0.3, -0.25) is 0 Å². The van der Waals surface area contributed by atoms with Crippen LogP contribution in [0, 0.1) is 3.57 Å². The number of nitrogens with zero attached hydrogens (tertiary/aromatic N) is 1. The Kier molecular flexibility index (Phi) is 5.10. The predicted molar refractivity (Wildman–Crippen MR) is 71.9 cm³/mol. The van der Waals surface area contributed by atoms with E-state index in [1.807, 2.05) is 12.1 Å². The van der Waals surface area contributed by atoms with Gasteiger partial charge in [-0.25, -0.2) is 0 Å². The van der Waals surface area contributed by atoms with Crippen LogP contribution < -0.4 is 4.74 Å². The normalized spacial score (nSPS) is 10.5. The zero-order valence-corrected chi connectivity index (χ0v) is 11.5. The van der Waals surface area contributed by atoms with Gasteiger partial charge in [0.15, 0.2) is 0 Å². The Morgan fingerprint density at radius 1 is 1.60 bits per heavy atom. The quantitative estimate of drug-likeness (QED) is 0.285. The van der Waals surface area contributed by atoms with E-state index in [0.717, 1.165) is 13.6 Å². The van der Waals surface area contributed by atoms with Gasteiger partial charge < -0.3 is 9.94 Å². The van der Waals surface area contributed by atoms with E-state index in [2.05, 4.69) is 50.3 Å². The van der Waals surface area contributed by atoms with E-state index < -0.39 is 0 Å². The lowest BCUT2D eigenvalue weighted by Crippen LogP contribution is -1.99. The summed E-state index contributed by atoms with van der Waals surface area (Å²) in [5, 5.41) is 11.5. The highest BCUT2D eigenvalue weighted by molar-refractivity contribution is 14.1. The molecule has 1 aromatic rings. The first-order valence-electron chi connectivity index (χ1n) is 4.09. The minimum Gasteiger partial charge on any atom is -0.488 e. The highest BCUT2D eigenvalue weighted by Gasteiger charge is 2.08. The second-order valence-electron chi connectivity index (χ2n) is 2.65. The Labute approximate surface area is 110 Å². The Morgan fingerprint density at radius 2 is 2.33 bits per heavy atom. The van der Waals surface area contributed by atoms with Crippen LogP contribution >= 0.6 is 38.5 Å². The Balaban J connectivity index is 3.13. The lowest BCUT2D eigenvalue weighted by Gasteiger charge is -2.09. The van der Waals surface area contributed by atoms with Gasteiger partial charge in [0.2, 0.25) is 0 Å². The van der Waals surface area contributed by atoms with Crippen molar-refractivity contribution >= 4 is 44.7 Å². The summed E-state index contributed by atoms with van der Waals surface area (Å²) in [4.78, 5) is 0. The molecular weight excluding hydrogens is 373 g/mol. The van der Waals surface area contributed by atoms with Crippen molar-refractivity contribution in [2.75, 3.05) is 6.61 Å². The van der Waals surface area contributed by atoms with Crippen LogP contribution in [0.4, 0.5) is 0 Å². The van der Waals surface area contributed by atoms with Gasteiger partial charge in [-0.2, -0.15) is 0 Å². The van der Waals surface area contributed by atoms with Crippen molar-refractivity contribution in [3.63, 3.8) is 0 Å². The molecule has 1 rings (SSSR count). The van der Waals surface area contributed by atoms with Crippen molar-refractivity contribution < 1.29 is 9.94 Å². The summed E-state index contributed by atoms with van der Waals surface area (Å²) in [5.41, 5.74) is 0.720. The molecular formula is C10H9BrINO2. The molecule has 0 unspecified atom stereocenters. The molecule has 0 aliphatic carbocycles. The van der Waals surface area contributed by atoms with E-state index in [1.54, 1.807) is 6.08 Å². The molecule has 0 aliphatic heterocycles. The first-order chi connectivity index (χ1) is 7.19. The average molecular weight is 382 g/mol. The van der Waals surface area contributed by atoms with Gasteiger partial charge >= 0.3 is 0 Å². The molecule has 0 saturated heterocycles. The predicted octanol–water partition coefficient (Wildman–Crippen LogP) is 3.43. The van der Waals surface area contributed by atoms with Gasteiger partial charge in [-0.1, -0.05) is 33.7 Å². The molecule has 0 aliphatic rings. The van der Waals surface area contributed by atoms with E-state index in [9.17, 15) is 0 Å². The molecule has 1 N–H and O–H groups in total. The number of hydrogen-bond acceptors (Lipinski definition) is 3. The van der Waals surface area contributed by atoms with E-state index in [-0.39, 0.29) is 0 Å². The summed E-state index contributed by atoms with van der Waals surface area (Å²) in [6, 6.07) is 3.74. The molecule has 1 aromatic carbocycles. The molecule has 3 nitrogen and oxygen atoms in total. The van der Waals surface area contributed by atoms with Crippen LogP contribution in [0.5, 0.6) is 5.75 Å². The molecule has 0 atom stereocenters. The SMILES string of the molecule is C=CCOc1c(I)cc(Br)cc1/C=N/O. The number of halogens is 2. The van der Waals surface area contributed by atoms with Gasteiger partial charge in [-0.05, 0) is 34.7 Å². The van der Waals surface area contributed by atoms with E-state index in [4.69, 9.17) is 9.94 Å². The monoisotopic (exact) mass is 381 g/mol. The molecule has 5 heteroatoms. The largest absolute Gasteiger partial charge is 0.488 e. The summed E-state index contributed by atoms with van der Waals surface area (Å²) in [7, 11) is 0. The molecule has 0 spiro atoms. The summed E-state index contributed by atoms with van der Waals surface area (Å²) >= 11 is 5.52. The van der Waals surface area contributed by atoms with E-state index in [1.165, 1.54) is 6.21 Å². The summed E-state index contributed by atoms with van der Waals surface area (Å²) in [5.74, 6) is 0.691. The zero-order valence-electron chi connectivity index (χ0n) is 7.78. The molecule has 15 heavy (non-hydrogen) atoms. The minimum atomic E-state index is 0.421. The Morgan fingerprint density at radius 3 is 2.93 bits per heavy atom. The fourth-order valence-electron chi connectivity index (χ4n) is 1.03. The van der Waals surface area contributed by atoms with Crippen molar-refractivity contribution in [2.24, 2.45) is 5.16 Å². The number of ether oxygens (including phenoxy) is 1. The van der Waals surface area contributed by atoms with Crippen LogP contribution in [-0.4, -0.2) is 18.0 Å². The topological polar surface area (TPSA) is 41.8 Å². The second kappa shape index (κ2) is 6.12. The third kappa shape index (κ3) is 3.49. The molecule has 0 aromatic heterocycles. The van der Waals surface area contributed by atoms with Crippen molar-refractivity contribution in [2.45, 2.75) is 0 Å². The number of oxime groups is 1. The third-order valence-corrected chi connectivity index (χ3v) is 2.84. The lowest BCUT2D eigenvalue weighted by molar-refractivity contribution is 0.321. The maximum atomic E-state index is 8.53. The van der Waals surface area contributed by atoms with Gasteiger partial charge in [0.1, 0.15) is 12.4 Å². The molecule has 0 bridgehead atoms. The van der Waals surface area contributed by atoms with Crippen molar-refractivity contribution in [3.05, 3.63) is 38.4 Å². The van der Waals surface area contributed by atoms with Crippen LogP contribution in [0.2, 0.25) is 0 Å². The minimum absolute atomic E-state index is 0.421. The first kappa shape index (κ1) is 12.5. The third-order valence-electron chi connectivity index (χ3n) is 1.58. The van der Waals surface area contributed by atoms with Crippen molar-refractivity contribution in [3.8, 4) is 5.75 Å². The van der Waals surface area contributed by atoms with E-state index in [0.29, 0.717) is 12.4 Å². The van der Waals surface area contributed by atoms with E-state index >= 15 is 0 Å². The van der Waals surface area contributed by atoms with Gasteiger partial charge in [0, 0.05) is 10.0 Å². The molecule has 80 valence electrons. The average Bonchev–Trinajstić information content (AvgIpc) is 2.17. The van der Waals surface area contributed by atoms with Gasteiger partial charge in [-0.15, -0.1) is 0 Å². The smallest absolute Gasteiger partial charge is 0.142 e. The highest BCUT2D eigenvalue weighted by Crippen LogP contribution is 2.28. The number of rotatable bonds is 4. The van der Waals surface area contributed by atoms with Crippen LogP contribution in [-0.2, 0) is 0 Å². The fourth-order valence-corrected chi connectivity index (χ4v) is 2.74. The van der Waals surface area contributed by atoms with Crippen LogP contribution in [0.1, 0.15) is 5.56 Å². The Bertz CT molecular complexity index is 393. The summed E-state index contributed by atoms with van der Waals surface area (Å²) < 4.78 is 7.33. The number of hydrogen-bond donors (Lipinski definition) is 1. The highest BCUT2D eigenvalue weighted by atomic mass is 127. The molecule has 0 heterocycles. The van der Waals surface area contributed by atoms with Crippen molar-refractivity contribution in [1.82, 2.24) is 0 Å². The zero-order chi connectivity index (χ0) is 11.3. The summed E-state index contributed by atoms with van der Waals surface area (Å²) in [6.07, 6.45) is 3.00. The maximum absolute atomic E-state index is 8.53. The van der Waals surface area contributed by atoms with Crippen LogP contribution in [0.15, 0.2) is 34.4 Å². The molecule has 0 fully saturated rings. The van der Waals surface area contributed by atoms with Gasteiger partial charge in [0.05, 0.1) is 9.78 Å². The van der Waals surface area contributed by atoms with Crippen LogP contribution in [0.3, 0.4) is 0 Å². The molecule has 0 saturated carbocycles. The molecule has 0 radical (unpaired) electrons. The second-order valence-corrected chi connectivity index (χ2v) is 4.73. The maximum Gasteiger partial charge on any atom is 0.142 e. The standard InChI is InChI=1S/C10H9BrINO2/c1-2-3-15-10-7(6-13-14)4-8(11)5-9(10)12/h2,4-6,14H,1,3H2/b13-6+. The van der Waals surface area contributed by atoms with Crippen molar-refractivity contribution in [1.29, 1.82) is 0 Å². The number of benzene rings is 1. The first-order valence-corrected chi connectivity index (χ1v) is 5.96. The van der Waals surface area contributed by atoms with Gasteiger partial charge in [0.25, 0.3) is 0 Å². The lowest BCUT2D eigenvalue weighted by atomic mass is 10.2. The summed E-state index contributed by atoms with van der Waals surface area (Å²) in [6.45, 7) is 4.00. The Hall–Kier alpha value is -0.560. The fraction of sp³-hybridized carbons (Fsp3) is 0.100. The van der Waals surface area contributed by atoms with Crippen LogP contribution in [0.25, 0.3) is 0 Å². The molecule has 0 amide bonds.